The van der Waals surface area contributed by atoms with E-state index in [-0.39, 0.29) is 16.8 Å². The Morgan fingerprint density at radius 1 is 1.28 bits per heavy atom. The van der Waals surface area contributed by atoms with E-state index < -0.39 is 10.0 Å². The fourth-order valence-electron chi connectivity index (χ4n) is 2.09. The minimum Gasteiger partial charge on any atom is -0.351 e. The molecule has 138 valence electrons. The highest BCUT2D eigenvalue weighted by atomic mass is 32.2. The molecule has 0 unspecified atom stereocenters. The molecule has 1 amide bonds. The number of carbonyl (C=O) groups is 1. The van der Waals surface area contributed by atoms with Crippen molar-refractivity contribution in [3.05, 3.63) is 35.9 Å². The Balaban J connectivity index is 1.83. The monoisotopic (exact) mass is 365 g/mol. The average Bonchev–Trinajstić information content (AvgIpc) is 3.36. The van der Waals surface area contributed by atoms with E-state index in [1.54, 1.807) is 30.3 Å². The highest BCUT2D eigenvalue weighted by Crippen LogP contribution is 2.22. The second-order valence-corrected chi connectivity index (χ2v) is 8.38. The Morgan fingerprint density at radius 3 is 2.48 bits per heavy atom. The van der Waals surface area contributed by atoms with Crippen LogP contribution in [0.25, 0.3) is 6.08 Å². The second-order valence-electron chi connectivity index (χ2n) is 6.66. The van der Waals surface area contributed by atoms with Gasteiger partial charge in [0.1, 0.15) is 0 Å². The maximum atomic E-state index is 12.1. The molecule has 0 spiro atoms. The predicted octanol–water partition coefficient (Wildman–Crippen LogP) is 1.60. The molecule has 0 aromatic heterocycles. The van der Waals surface area contributed by atoms with Crippen LogP contribution in [0.5, 0.6) is 0 Å². The smallest absolute Gasteiger partial charge is 0.244 e. The first kappa shape index (κ1) is 19.6. The van der Waals surface area contributed by atoms with Gasteiger partial charge in [0, 0.05) is 31.2 Å². The number of rotatable bonds is 9. The minimum absolute atomic E-state index is 0.0861. The van der Waals surface area contributed by atoms with E-state index in [0.29, 0.717) is 12.6 Å². The largest absolute Gasteiger partial charge is 0.351 e. The number of benzene rings is 1. The van der Waals surface area contributed by atoms with Gasteiger partial charge in [-0.3, -0.25) is 4.79 Å². The van der Waals surface area contributed by atoms with Crippen LogP contribution in [-0.2, 0) is 14.8 Å². The zero-order chi connectivity index (χ0) is 18.4. The predicted molar refractivity (Wildman–Crippen MR) is 99.6 cm³/mol. The van der Waals surface area contributed by atoms with Crippen LogP contribution < -0.4 is 10.0 Å². The molecule has 0 heterocycles. The third-order valence-corrected chi connectivity index (χ3v) is 5.70. The topological polar surface area (TPSA) is 78.5 Å². The van der Waals surface area contributed by atoms with Crippen LogP contribution in [-0.4, -0.2) is 51.4 Å². The Labute approximate surface area is 150 Å². The van der Waals surface area contributed by atoms with Crippen LogP contribution in [0.15, 0.2) is 35.2 Å². The van der Waals surface area contributed by atoms with Gasteiger partial charge in [0.25, 0.3) is 0 Å². The molecule has 0 atom stereocenters. The van der Waals surface area contributed by atoms with E-state index in [9.17, 15) is 13.2 Å². The average molecular weight is 365 g/mol. The third kappa shape index (κ3) is 6.61. The molecule has 1 aliphatic rings. The molecule has 2 N–H and O–H groups in total. The summed E-state index contributed by atoms with van der Waals surface area (Å²) in [7, 11) is -1.42. The SMILES string of the molecule is CC(C)N(C)CCNC(=O)/C=C/c1ccc(S(=O)(=O)NC2CC2)cc1. The van der Waals surface area contributed by atoms with Crippen molar-refractivity contribution in [2.75, 3.05) is 20.1 Å². The number of hydrogen-bond acceptors (Lipinski definition) is 4. The van der Waals surface area contributed by atoms with Crippen LogP contribution in [0, 0.1) is 0 Å². The molecular formula is C18H27N3O3S. The summed E-state index contributed by atoms with van der Waals surface area (Å²) in [6.45, 7) is 5.58. The van der Waals surface area contributed by atoms with Crippen molar-refractivity contribution >= 4 is 22.0 Å². The number of hydrogen-bond donors (Lipinski definition) is 2. The maximum absolute atomic E-state index is 12.1. The van der Waals surface area contributed by atoms with Crippen LogP contribution in [0.3, 0.4) is 0 Å². The zero-order valence-electron chi connectivity index (χ0n) is 15.0. The lowest BCUT2D eigenvalue weighted by atomic mass is 10.2. The van der Waals surface area contributed by atoms with Gasteiger partial charge in [-0.1, -0.05) is 12.1 Å². The Kier molecular flexibility index (Phi) is 6.75. The van der Waals surface area contributed by atoms with Crippen LogP contribution >= 0.6 is 0 Å². The molecule has 2 rings (SSSR count). The van der Waals surface area contributed by atoms with Gasteiger partial charge in [0.2, 0.25) is 15.9 Å². The quantitative estimate of drug-likeness (QED) is 0.652. The summed E-state index contributed by atoms with van der Waals surface area (Å²) in [5.41, 5.74) is 0.778. The van der Waals surface area contributed by atoms with Crippen LogP contribution in [0.4, 0.5) is 0 Å². The lowest BCUT2D eigenvalue weighted by molar-refractivity contribution is -0.116. The van der Waals surface area contributed by atoms with Gasteiger partial charge in [0.05, 0.1) is 4.90 Å². The van der Waals surface area contributed by atoms with Gasteiger partial charge >= 0.3 is 0 Å². The molecule has 1 aromatic rings. The van der Waals surface area contributed by atoms with Crippen LogP contribution in [0.2, 0.25) is 0 Å². The standard InChI is InChI=1S/C18H27N3O3S/c1-14(2)21(3)13-12-19-18(22)11-6-15-4-9-17(10-5-15)25(23,24)20-16-7-8-16/h4-6,9-11,14,16,20H,7-8,12-13H2,1-3H3,(H,19,22)/b11-6+. The van der Waals surface area contributed by atoms with Gasteiger partial charge in [0.15, 0.2) is 0 Å². The van der Waals surface area contributed by atoms with Crippen molar-refractivity contribution in [3.63, 3.8) is 0 Å². The summed E-state index contributed by atoms with van der Waals surface area (Å²) in [4.78, 5) is 14.2. The lowest BCUT2D eigenvalue weighted by Crippen LogP contribution is -2.35. The number of sulfonamides is 1. The maximum Gasteiger partial charge on any atom is 0.244 e. The van der Waals surface area contributed by atoms with Gasteiger partial charge in [-0.15, -0.1) is 0 Å². The molecule has 25 heavy (non-hydrogen) atoms. The van der Waals surface area contributed by atoms with Crippen molar-refractivity contribution in [2.24, 2.45) is 0 Å². The number of nitrogens with one attached hydrogen (secondary N) is 2. The van der Waals surface area contributed by atoms with Crippen molar-refractivity contribution in [1.29, 1.82) is 0 Å². The summed E-state index contributed by atoms with van der Waals surface area (Å²) in [6, 6.07) is 7.02. The van der Waals surface area contributed by atoms with Gasteiger partial charge in [-0.2, -0.15) is 0 Å². The van der Waals surface area contributed by atoms with Gasteiger partial charge in [-0.25, -0.2) is 13.1 Å². The van der Waals surface area contributed by atoms with Gasteiger partial charge < -0.3 is 10.2 Å². The molecule has 7 heteroatoms. The summed E-state index contributed by atoms with van der Waals surface area (Å²) in [5, 5.41) is 2.83. The fraction of sp³-hybridized carbons (Fsp3) is 0.500. The normalized spacial score (nSPS) is 15.2. The Hall–Kier alpha value is -1.70. The summed E-state index contributed by atoms with van der Waals surface area (Å²) in [5.74, 6) is -0.163. The van der Waals surface area contributed by atoms with Crippen LogP contribution in [0.1, 0.15) is 32.3 Å². The highest BCUT2D eigenvalue weighted by Gasteiger charge is 2.27. The summed E-state index contributed by atoms with van der Waals surface area (Å²) in [6.07, 6.45) is 4.94. The molecule has 1 aliphatic carbocycles. The van der Waals surface area contributed by atoms with Crippen molar-refractivity contribution in [1.82, 2.24) is 14.9 Å². The molecule has 1 aromatic carbocycles. The fourth-order valence-corrected chi connectivity index (χ4v) is 3.40. The minimum atomic E-state index is -3.43. The van der Waals surface area contributed by atoms with E-state index in [2.05, 4.69) is 28.8 Å². The number of likely N-dealkylation sites (N-methyl/N-ethyl adjacent to an activating group) is 1. The molecule has 0 aliphatic heterocycles. The van der Waals surface area contributed by atoms with E-state index in [4.69, 9.17) is 0 Å². The summed E-state index contributed by atoms with van der Waals surface area (Å²) >= 11 is 0. The molecule has 0 saturated heterocycles. The molecule has 0 radical (unpaired) electrons. The van der Waals surface area contributed by atoms with E-state index >= 15 is 0 Å². The molecular weight excluding hydrogens is 338 g/mol. The number of nitrogens with zero attached hydrogens (tertiary/aromatic N) is 1. The van der Waals surface area contributed by atoms with E-state index in [1.807, 2.05) is 7.05 Å². The second kappa shape index (κ2) is 8.60. The lowest BCUT2D eigenvalue weighted by Gasteiger charge is -2.20. The molecule has 0 bridgehead atoms. The number of amides is 1. The molecule has 1 saturated carbocycles. The molecule has 6 nitrogen and oxygen atoms in total. The summed E-state index contributed by atoms with van der Waals surface area (Å²) < 4.78 is 26.8. The van der Waals surface area contributed by atoms with Gasteiger partial charge in [-0.05, 0) is 57.5 Å². The third-order valence-electron chi connectivity index (χ3n) is 4.16. The first-order valence-electron chi connectivity index (χ1n) is 8.56. The number of carbonyl (C=O) groups excluding carboxylic acids is 1. The van der Waals surface area contributed by atoms with Crippen molar-refractivity contribution in [3.8, 4) is 0 Å². The Morgan fingerprint density at radius 2 is 1.92 bits per heavy atom. The highest BCUT2D eigenvalue weighted by molar-refractivity contribution is 7.89. The molecule has 1 fully saturated rings. The van der Waals surface area contributed by atoms with E-state index in [0.717, 1.165) is 24.9 Å². The van der Waals surface area contributed by atoms with Crippen molar-refractivity contribution < 1.29 is 13.2 Å². The Bertz CT molecular complexity index is 708. The zero-order valence-corrected chi connectivity index (χ0v) is 15.8. The van der Waals surface area contributed by atoms with Crippen molar-refractivity contribution in [2.45, 2.75) is 43.7 Å². The van der Waals surface area contributed by atoms with E-state index in [1.165, 1.54) is 6.08 Å². The first-order chi connectivity index (χ1) is 11.8. The first-order valence-corrected chi connectivity index (χ1v) is 10.0.